The average Bonchev–Trinajstić information content (AvgIpc) is 3.28. The van der Waals surface area contributed by atoms with Gasteiger partial charge in [-0.25, -0.2) is 9.69 Å². The Morgan fingerprint density at radius 1 is 1.26 bits per heavy atom. The SMILES string of the molecule is CC1CCCCC12NC(=O)N(CN1CCN(C(=O)c3cccs3)CC1)C2=O. The highest BCUT2D eigenvalue weighted by atomic mass is 32.1. The van der Waals surface area contributed by atoms with Gasteiger partial charge in [-0.1, -0.05) is 25.8 Å². The molecule has 1 aromatic heterocycles. The fourth-order valence-electron chi connectivity index (χ4n) is 4.47. The summed E-state index contributed by atoms with van der Waals surface area (Å²) in [7, 11) is 0. The Morgan fingerprint density at radius 2 is 2.04 bits per heavy atom. The van der Waals surface area contributed by atoms with E-state index in [2.05, 4.69) is 17.1 Å². The fraction of sp³-hybridized carbons (Fsp3) is 0.632. The fourth-order valence-corrected chi connectivity index (χ4v) is 5.16. The van der Waals surface area contributed by atoms with Crippen LogP contribution in [-0.2, 0) is 4.79 Å². The largest absolute Gasteiger partial charge is 0.335 e. The Kier molecular flexibility index (Phi) is 4.94. The standard InChI is InChI=1S/C19H26N4O3S/c1-14-5-2-3-7-19(14)17(25)23(18(26)20-19)13-21-8-10-22(11-9-21)16(24)15-6-4-12-27-15/h4,6,12,14H,2-3,5,7-11,13H2,1H3,(H,20,26). The van der Waals surface area contributed by atoms with Crippen molar-refractivity contribution < 1.29 is 14.4 Å². The highest BCUT2D eigenvalue weighted by Gasteiger charge is 2.55. The molecule has 0 aromatic carbocycles. The molecule has 4 amide bonds. The second-order valence-electron chi connectivity index (χ2n) is 7.81. The Bertz CT molecular complexity index is 729. The van der Waals surface area contributed by atoms with Gasteiger partial charge in [0.15, 0.2) is 0 Å². The van der Waals surface area contributed by atoms with E-state index in [-0.39, 0.29) is 23.8 Å². The van der Waals surface area contributed by atoms with Crippen LogP contribution in [0.2, 0.25) is 0 Å². The number of nitrogens with one attached hydrogen (secondary N) is 1. The number of piperazine rings is 1. The van der Waals surface area contributed by atoms with Crippen LogP contribution in [0.3, 0.4) is 0 Å². The van der Waals surface area contributed by atoms with E-state index in [9.17, 15) is 14.4 Å². The molecule has 3 fully saturated rings. The van der Waals surface area contributed by atoms with Gasteiger partial charge in [0.2, 0.25) is 0 Å². The molecular weight excluding hydrogens is 364 g/mol. The van der Waals surface area contributed by atoms with Crippen molar-refractivity contribution in [3.05, 3.63) is 22.4 Å². The molecule has 2 unspecified atom stereocenters. The molecule has 1 aliphatic carbocycles. The first-order valence-electron chi connectivity index (χ1n) is 9.70. The zero-order valence-electron chi connectivity index (χ0n) is 15.6. The van der Waals surface area contributed by atoms with E-state index in [0.717, 1.165) is 30.6 Å². The monoisotopic (exact) mass is 390 g/mol. The lowest BCUT2D eigenvalue weighted by Crippen LogP contribution is -2.55. The Hall–Kier alpha value is -1.93. The zero-order valence-corrected chi connectivity index (χ0v) is 16.5. The molecule has 1 N–H and O–H groups in total. The third-order valence-corrected chi connectivity index (χ3v) is 7.09. The van der Waals surface area contributed by atoms with Gasteiger partial charge in [0.1, 0.15) is 5.54 Å². The molecule has 27 heavy (non-hydrogen) atoms. The van der Waals surface area contributed by atoms with Gasteiger partial charge in [-0.05, 0) is 30.2 Å². The van der Waals surface area contributed by atoms with Crippen molar-refractivity contribution in [3.8, 4) is 0 Å². The van der Waals surface area contributed by atoms with E-state index in [1.165, 1.54) is 16.2 Å². The number of carbonyl (C=O) groups is 3. The highest BCUT2D eigenvalue weighted by molar-refractivity contribution is 7.12. The molecule has 4 rings (SSSR count). The third kappa shape index (κ3) is 3.25. The number of rotatable bonds is 3. The number of urea groups is 1. The molecule has 8 heteroatoms. The Labute approximate surface area is 163 Å². The predicted molar refractivity (Wildman–Crippen MR) is 102 cm³/mol. The van der Waals surface area contributed by atoms with E-state index in [0.29, 0.717) is 32.8 Å². The van der Waals surface area contributed by atoms with Gasteiger partial charge >= 0.3 is 6.03 Å². The van der Waals surface area contributed by atoms with E-state index in [1.807, 2.05) is 22.4 Å². The maximum atomic E-state index is 13.1. The number of amides is 4. The van der Waals surface area contributed by atoms with E-state index < -0.39 is 5.54 Å². The van der Waals surface area contributed by atoms with E-state index in [4.69, 9.17) is 0 Å². The number of hydrogen-bond acceptors (Lipinski definition) is 5. The molecule has 1 saturated carbocycles. The van der Waals surface area contributed by atoms with Crippen LogP contribution in [0.25, 0.3) is 0 Å². The zero-order chi connectivity index (χ0) is 19.0. The van der Waals surface area contributed by atoms with Crippen LogP contribution in [0, 0.1) is 5.92 Å². The van der Waals surface area contributed by atoms with Gasteiger partial charge in [-0.3, -0.25) is 14.5 Å². The summed E-state index contributed by atoms with van der Waals surface area (Å²) >= 11 is 1.45. The second kappa shape index (κ2) is 7.24. The molecule has 0 bridgehead atoms. The molecule has 3 aliphatic rings. The van der Waals surface area contributed by atoms with Crippen molar-refractivity contribution >= 4 is 29.2 Å². The Balaban J connectivity index is 1.36. The first-order chi connectivity index (χ1) is 13.0. The number of nitrogens with zero attached hydrogens (tertiary/aromatic N) is 3. The molecular formula is C19H26N4O3S. The summed E-state index contributed by atoms with van der Waals surface area (Å²) in [6, 6.07) is 3.46. The maximum absolute atomic E-state index is 13.1. The minimum Gasteiger partial charge on any atom is -0.335 e. The van der Waals surface area contributed by atoms with Gasteiger partial charge in [-0.15, -0.1) is 11.3 Å². The predicted octanol–water partition coefficient (Wildman–Crippen LogP) is 1.96. The topological polar surface area (TPSA) is 73.0 Å². The number of thiophene rings is 1. The maximum Gasteiger partial charge on any atom is 0.326 e. The first kappa shape index (κ1) is 18.4. The van der Waals surface area contributed by atoms with Crippen molar-refractivity contribution in [2.75, 3.05) is 32.8 Å². The van der Waals surface area contributed by atoms with Gasteiger partial charge in [-0.2, -0.15) is 0 Å². The summed E-state index contributed by atoms with van der Waals surface area (Å²) in [5.74, 6) is 0.166. The third-order valence-electron chi connectivity index (χ3n) is 6.23. The average molecular weight is 391 g/mol. The summed E-state index contributed by atoms with van der Waals surface area (Å²) in [6.45, 7) is 4.92. The van der Waals surface area contributed by atoms with Crippen LogP contribution in [0.4, 0.5) is 4.79 Å². The van der Waals surface area contributed by atoms with Crippen LogP contribution in [0.1, 0.15) is 42.3 Å². The van der Waals surface area contributed by atoms with Crippen LogP contribution in [0.5, 0.6) is 0 Å². The van der Waals surface area contributed by atoms with Crippen LogP contribution < -0.4 is 5.32 Å². The van der Waals surface area contributed by atoms with Crippen molar-refractivity contribution in [2.24, 2.45) is 5.92 Å². The lowest BCUT2D eigenvalue weighted by Gasteiger charge is -2.38. The molecule has 3 heterocycles. The minimum absolute atomic E-state index is 0.0645. The smallest absolute Gasteiger partial charge is 0.326 e. The molecule has 1 spiro atoms. The molecule has 2 aliphatic heterocycles. The molecule has 2 atom stereocenters. The molecule has 2 saturated heterocycles. The van der Waals surface area contributed by atoms with Crippen LogP contribution in [-0.4, -0.2) is 70.9 Å². The molecule has 1 aromatic rings. The second-order valence-corrected chi connectivity index (χ2v) is 8.76. The van der Waals surface area contributed by atoms with Crippen LogP contribution >= 0.6 is 11.3 Å². The van der Waals surface area contributed by atoms with Crippen molar-refractivity contribution in [1.29, 1.82) is 0 Å². The summed E-state index contributed by atoms with van der Waals surface area (Å²) in [6.07, 6.45) is 3.81. The lowest BCUT2D eigenvalue weighted by molar-refractivity contribution is -0.135. The minimum atomic E-state index is -0.702. The summed E-state index contributed by atoms with van der Waals surface area (Å²) in [5, 5.41) is 4.91. The summed E-state index contributed by atoms with van der Waals surface area (Å²) in [4.78, 5) is 44.1. The van der Waals surface area contributed by atoms with Crippen molar-refractivity contribution in [2.45, 2.75) is 38.1 Å². The van der Waals surface area contributed by atoms with Crippen molar-refractivity contribution in [3.63, 3.8) is 0 Å². The van der Waals surface area contributed by atoms with E-state index in [1.54, 1.807) is 0 Å². The molecule has 7 nitrogen and oxygen atoms in total. The number of carbonyl (C=O) groups excluding carboxylic acids is 3. The molecule has 0 radical (unpaired) electrons. The number of imide groups is 1. The number of hydrogen-bond donors (Lipinski definition) is 1. The van der Waals surface area contributed by atoms with Gasteiger partial charge in [0, 0.05) is 26.2 Å². The normalized spacial score (nSPS) is 29.4. The van der Waals surface area contributed by atoms with Gasteiger partial charge < -0.3 is 10.2 Å². The van der Waals surface area contributed by atoms with Crippen LogP contribution in [0.15, 0.2) is 17.5 Å². The van der Waals surface area contributed by atoms with Gasteiger partial charge in [0.25, 0.3) is 11.8 Å². The summed E-state index contributed by atoms with van der Waals surface area (Å²) < 4.78 is 0. The quantitative estimate of drug-likeness (QED) is 0.801. The lowest BCUT2D eigenvalue weighted by atomic mass is 9.73. The van der Waals surface area contributed by atoms with Crippen molar-refractivity contribution in [1.82, 2.24) is 20.0 Å². The summed E-state index contributed by atoms with van der Waals surface area (Å²) in [5.41, 5.74) is -0.702. The molecule has 146 valence electrons. The Morgan fingerprint density at radius 3 is 2.70 bits per heavy atom. The first-order valence-corrected chi connectivity index (χ1v) is 10.6. The van der Waals surface area contributed by atoms with E-state index >= 15 is 0 Å². The highest BCUT2D eigenvalue weighted by Crippen LogP contribution is 2.38. The van der Waals surface area contributed by atoms with Gasteiger partial charge in [0.05, 0.1) is 11.5 Å².